The number of benzene rings is 2. The highest BCUT2D eigenvalue weighted by Crippen LogP contribution is 2.25. The molecule has 0 atom stereocenters. The van der Waals surface area contributed by atoms with Gasteiger partial charge < -0.3 is 15.1 Å². The van der Waals surface area contributed by atoms with Gasteiger partial charge in [-0.15, -0.1) is 0 Å². The molecule has 6 nitrogen and oxygen atoms in total. The van der Waals surface area contributed by atoms with Gasteiger partial charge in [0.1, 0.15) is 18.0 Å². The zero-order valence-electron chi connectivity index (χ0n) is 22.3. The molecule has 1 aliphatic rings. The Kier molecular flexibility index (Phi) is 10.4. The first-order valence-corrected chi connectivity index (χ1v) is 13.1. The average Bonchev–Trinajstić information content (AvgIpc) is 3.25. The van der Waals surface area contributed by atoms with Crippen molar-refractivity contribution in [2.75, 3.05) is 39.3 Å². The molecule has 1 saturated heterocycles. The highest BCUT2D eigenvalue weighted by Gasteiger charge is 2.28. The van der Waals surface area contributed by atoms with Gasteiger partial charge in [-0.25, -0.2) is 0 Å². The van der Waals surface area contributed by atoms with Gasteiger partial charge in [0.25, 0.3) is 0 Å². The van der Waals surface area contributed by atoms with E-state index in [1.807, 2.05) is 0 Å². The molecule has 0 aromatic heterocycles. The molecule has 0 amide bonds. The first kappa shape index (κ1) is 27.3. The Hall–Kier alpha value is -3.32. The molecule has 0 aliphatic carbocycles. The standard InChI is InChI=1S/C30H40N6/c1-5-11-33-21-26-7-9-27(10-8-26)22-34(6-2)12-13-35-14-15-36(30(35)29(19-31)20-32)23-28-17-24(3)16-25(4)18-28/h7-10,16-18,33H,5-6,11-15,21-23H2,1-4H3. The molecule has 1 N–H and O–H groups in total. The van der Waals surface area contributed by atoms with Gasteiger partial charge in [0.05, 0.1) is 0 Å². The molecule has 0 unspecified atom stereocenters. The van der Waals surface area contributed by atoms with Gasteiger partial charge in [0.15, 0.2) is 5.57 Å². The van der Waals surface area contributed by atoms with Gasteiger partial charge >= 0.3 is 0 Å². The lowest BCUT2D eigenvalue weighted by atomic mass is 10.1. The van der Waals surface area contributed by atoms with Crippen LogP contribution in [0.15, 0.2) is 53.9 Å². The van der Waals surface area contributed by atoms with E-state index in [4.69, 9.17) is 0 Å². The molecule has 2 aromatic rings. The third-order valence-electron chi connectivity index (χ3n) is 6.66. The van der Waals surface area contributed by atoms with Crippen molar-refractivity contribution in [3.8, 4) is 12.1 Å². The zero-order valence-corrected chi connectivity index (χ0v) is 22.3. The number of nitrogens with zero attached hydrogens (tertiary/aromatic N) is 5. The van der Waals surface area contributed by atoms with E-state index in [2.05, 4.69) is 102 Å². The minimum atomic E-state index is 0.201. The second kappa shape index (κ2) is 13.7. The molecule has 0 bridgehead atoms. The Balaban J connectivity index is 1.64. The molecule has 0 spiro atoms. The third-order valence-corrected chi connectivity index (χ3v) is 6.66. The topological polar surface area (TPSA) is 69.3 Å². The van der Waals surface area contributed by atoms with Crippen molar-refractivity contribution in [1.29, 1.82) is 10.5 Å². The van der Waals surface area contributed by atoms with Gasteiger partial charge in [-0.1, -0.05) is 67.4 Å². The predicted octanol–water partition coefficient (Wildman–Crippen LogP) is 4.70. The maximum atomic E-state index is 9.69. The molecule has 6 heteroatoms. The summed E-state index contributed by atoms with van der Waals surface area (Å²) >= 11 is 0. The molecule has 0 saturated carbocycles. The molecule has 0 radical (unpaired) electrons. The van der Waals surface area contributed by atoms with E-state index in [9.17, 15) is 10.5 Å². The number of hydrogen-bond acceptors (Lipinski definition) is 6. The van der Waals surface area contributed by atoms with Crippen molar-refractivity contribution in [3.05, 3.63) is 81.7 Å². The van der Waals surface area contributed by atoms with Crippen molar-refractivity contribution in [3.63, 3.8) is 0 Å². The van der Waals surface area contributed by atoms with Crippen molar-refractivity contribution < 1.29 is 0 Å². The van der Waals surface area contributed by atoms with Crippen LogP contribution < -0.4 is 5.32 Å². The SMILES string of the molecule is CCCNCc1ccc(CN(CC)CCN2CCN(Cc3cc(C)cc(C)c3)C2=C(C#N)C#N)cc1. The fraction of sp³-hybridized carbons (Fsp3) is 0.467. The number of nitrogens with one attached hydrogen (secondary N) is 1. The minimum absolute atomic E-state index is 0.201. The normalized spacial score (nSPS) is 13.2. The second-order valence-corrected chi connectivity index (χ2v) is 9.69. The van der Waals surface area contributed by atoms with E-state index in [1.165, 1.54) is 27.8 Å². The van der Waals surface area contributed by atoms with Crippen LogP contribution in [0.4, 0.5) is 0 Å². The molecular formula is C30H40N6. The van der Waals surface area contributed by atoms with Gasteiger partial charge in [0.2, 0.25) is 0 Å². The monoisotopic (exact) mass is 484 g/mol. The Labute approximate surface area is 217 Å². The van der Waals surface area contributed by atoms with Crippen LogP contribution in [-0.2, 0) is 19.6 Å². The maximum Gasteiger partial charge on any atom is 0.169 e. The van der Waals surface area contributed by atoms with Crippen LogP contribution in [0, 0.1) is 36.5 Å². The van der Waals surface area contributed by atoms with E-state index in [1.54, 1.807) is 0 Å². The number of allylic oxidation sites excluding steroid dienone is 1. The summed E-state index contributed by atoms with van der Waals surface area (Å²) in [5.41, 5.74) is 6.50. The third kappa shape index (κ3) is 7.59. The minimum Gasteiger partial charge on any atom is -0.354 e. The molecule has 1 fully saturated rings. The molecule has 1 aliphatic heterocycles. The summed E-state index contributed by atoms with van der Waals surface area (Å²) in [5, 5.41) is 22.8. The fourth-order valence-electron chi connectivity index (χ4n) is 4.89. The van der Waals surface area contributed by atoms with Crippen molar-refractivity contribution in [2.45, 2.75) is 53.8 Å². The maximum absolute atomic E-state index is 9.69. The van der Waals surface area contributed by atoms with Crippen LogP contribution in [0.1, 0.15) is 48.1 Å². The number of nitriles is 2. The summed E-state index contributed by atoms with van der Waals surface area (Å²) in [7, 11) is 0. The summed E-state index contributed by atoms with van der Waals surface area (Å²) in [4.78, 5) is 6.83. The van der Waals surface area contributed by atoms with E-state index in [-0.39, 0.29) is 5.57 Å². The number of hydrogen-bond donors (Lipinski definition) is 1. The summed E-state index contributed by atoms with van der Waals surface area (Å²) in [6.45, 7) is 16.4. The summed E-state index contributed by atoms with van der Waals surface area (Å²) in [6.07, 6.45) is 1.14. The number of likely N-dealkylation sites (N-methyl/N-ethyl adjacent to an activating group) is 1. The molecular weight excluding hydrogens is 444 g/mol. The second-order valence-electron chi connectivity index (χ2n) is 9.69. The zero-order chi connectivity index (χ0) is 25.9. The van der Waals surface area contributed by atoms with Gasteiger partial charge in [-0.3, -0.25) is 4.90 Å². The highest BCUT2D eigenvalue weighted by molar-refractivity contribution is 5.40. The fourth-order valence-corrected chi connectivity index (χ4v) is 4.89. The van der Waals surface area contributed by atoms with Crippen LogP contribution in [-0.4, -0.2) is 54.0 Å². The first-order valence-electron chi connectivity index (χ1n) is 13.1. The predicted molar refractivity (Wildman–Crippen MR) is 146 cm³/mol. The first-order chi connectivity index (χ1) is 17.5. The van der Waals surface area contributed by atoms with Crippen molar-refractivity contribution >= 4 is 0 Å². The van der Waals surface area contributed by atoms with E-state index in [0.717, 1.165) is 64.6 Å². The Morgan fingerprint density at radius 1 is 0.917 bits per heavy atom. The van der Waals surface area contributed by atoms with Crippen LogP contribution in [0.3, 0.4) is 0 Å². The average molecular weight is 485 g/mol. The highest BCUT2D eigenvalue weighted by atomic mass is 15.4. The summed E-state index contributed by atoms with van der Waals surface area (Å²) in [5.74, 6) is 0.777. The number of aryl methyl sites for hydroxylation is 2. The molecule has 1 heterocycles. The molecule has 36 heavy (non-hydrogen) atoms. The van der Waals surface area contributed by atoms with E-state index < -0.39 is 0 Å². The molecule has 190 valence electrons. The van der Waals surface area contributed by atoms with Crippen molar-refractivity contribution in [1.82, 2.24) is 20.0 Å². The van der Waals surface area contributed by atoms with Crippen LogP contribution >= 0.6 is 0 Å². The molecule has 3 rings (SSSR count). The van der Waals surface area contributed by atoms with Gasteiger partial charge in [-0.05, 0) is 50.0 Å². The quantitative estimate of drug-likeness (QED) is 0.348. The smallest absolute Gasteiger partial charge is 0.169 e. The lowest BCUT2D eigenvalue weighted by Gasteiger charge is -2.28. The van der Waals surface area contributed by atoms with Crippen LogP contribution in [0.5, 0.6) is 0 Å². The van der Waals surface area contributed by atoms with Crippen molar-refractivity contribution in [2.24, 2.45) is 0 Å². The van der Waals surface area contributed by atoms with Crippen LogP contribution in [0.25, 0.3) is 0 Å². The Morgan fingerprint density at radius 2 is 1.56 bits per heavy atom. The van der Waals surface area contributed by atoms with E-state index >= 15 is 0 Å². The van der Waals surface area contributed by atoms with Gasteiger partial charge in [-0.2, -0.15) is 10.5 Å². The summed E-state index contributed by atoms with van der Waals surface area (Å²) in [6, 6.07) is 19.7. The van der Waals surface area contributed by atoms with Crippen LogP contribution in [0.2, 0.25) is 0 Å². The lowest BCUT2D eigenvalue weighted by Crippen LogP contribution is -2.34. The molecule has 2 aromatic carbocycles. The van der Waals surface area contributed by atoms with Gasteiger partial charge in [0, 0.05) is 45.8 Å². The lowest BCUT2D eigenvalue weighted by molar-refractivity contribution is 0.234. The van der Waals surface area contributed by atoms with E-state index in [0.29, 0.717) is 6.54 Å². The number of rotatable bonds is 12. The Morgan fingerprint density at radius 3 is 2.17 bits per heavy atom. The Bertz CT molecular complexity index is 1070. The summed E-state index contributed by atoms with van der Waals surface area (Å²) < 4.78 is 0. The largest absolute Gasteiger partial charge is 0.354 e.